The van der Waals surface area contributed by atoms with Crippen LogP contribution < -0.4 is 5.32 Å². The predicted octanol–water partition coefficient (Wildman–Crippen LogP) is 3.43. The van der Waals surface area contributed by atoms with Crippen LogP contribution in [0.15, 0.2) is 22.6 Å². The molecule has 5 nitrogen and oxygen atoms in total. The van der Waals surface area contributed by atoms with Crippen molar-refractivity contribution in [1.82, 2.24) is 10.2 Å². The van der Waals surface area contributed by atoms with Gasteiger partial charge in [-0.1, -0.05) is 25.1 Å². The van der Waals surface area contributed by atoms with E-state index in [0.717, 1.165) is 35.1 Å². The fourth-order valence-corrected chi connectivity index (χ4v) is 3.47. The standard InChI is InChI=1S/C20H26N2O3/c1-4-10-21-19(23)15-8-11-22(12-9-15)20(24)18-14(3)16-7-5-6-13(2)17(16)25-18/h5-7,15H,4,8-12H2,1-3H3,(H,21,23). The molecule has 0 atom stereocenters. The number of para-hydroxylation sites is 1. The van der Waals surface area contributed by atoms with Gasteiger partial charge in [0.2, 0.25) is 5.91 Å². The van der Waals surface area contributed by atoms with Gasteiger partial charge in [-0.25, -0.2) is 0 Å². The van der Waals surface area contributed by atoms with Crippen molar-refractivity contribution in [1.29, 1.82) is 0 Å². The van der Waals surface area contributed by atoms with E-state index >= 15 is 0 Å². The number of carbonyl (C=O) groups excluding carboxylic acids is 2. The molecule has 1 aliphatic rings. The number of hydrogen-bond donors (Lipinski definition) is 1. The monoisotopic (exact) mass is 342 g/mol. The fourth-order valence-electron chi connectivity index (χ4n) is 3.47. The molecule has 1 aliphatic heterocycles. The largest absolute Gasteiger partial charge is 0.450 e. The average molecular weight is 342 g/mol. The van der Waals surface area contributed by atoms with Gasteiger partial charge in [0.15, 0.2) is 5.76 Å². The summed E-state index contributed by atoms with van der Waals surface area (Å²) in [7, 11) is 0. The minimum atomic E-state index is -0.0690. The minimum Gasteiger partial charge on any atom is -0.450 e. The summed E-state index contributed by atoms with van der Waals surface area (Å²) in [6, 6.07) is 5.96. The first-order valence-corrected chi connectivity index (χ1v) is 9.08. The summed E-state index contributed by atoms with van der Waals surface area (Å²) in [5.41, 5.74) is 2.72. The highest BCUT2D eigenvalue weighted by Gasteiger charge is 2.30. The van der Waals surface area contributed by atoms with E-state index in [4.69, 9.17) is 4.42 Å². The van der Waals surface area contributed by atoms with Gasteiger partial charge >= 0.3 is 0 Å². The van der Waals surface area contributed by atoms with Crippen molar-refractivity contribution in [2.24, 2.45) is 5.92 Å². The van der Waals surface area contributed by atoms with E-state index < -0.39 is 0 Å². The lowest BCUT2D eigenvalue weighted by Crippen LogP contribution is -2.43. The number of likely N-dealkylation sites (tertiary alicyclic amines) is 1. The summed E-state index contributed by atoms with van der Waals surface area (Å²) in [6.45, 7) is 7.87. The molecule has 0 spiro atoms. The highest BCUT2D eigenvalue weighted by molar-refractivity contribution is 5.99. The topological polar surface area (TPSA) is 62.6 Å². The van der Waals surface area contributed by atoms with Crippen LogP contribution in [0.1, 0.15) is 47.9 Å². The lowest BCUT2D eigenvalue weighted by atomic mass is 9.95. The summed E-state index contributed by atoms with van der Waals surface area (Å²) >= 11 is 0. The molecule has 1 N–H and O–H groups in total. The van der Waals surface area contributed by atoms with Crippen molar-refractivity contribution in [3.63, 3.8) is 0 Å². The molecule has 3 rings (SSSR count). The van der Waals surface area contributed by atoms with Crippen molar-refractivity contribution in [2.45, 2.75) is 40.0 Å². The van der Waals surface area contributed by atoms with Crippen LogP contribution in [0, 0.1) is 19.8 Å². The maximum atomic E-state index is 12.9. The summed E-state index contributed by atoms with van der Waals surface area (Å²) in [4.78, 5) is 26.8. The third-order valence-corrected chi connectivity index (χ3v) is 5.06. The quantitative estimate of drug-likeness (QED) is 0.926. The Morgan fingerprint density at radius 3 is 2.60 bits per heavy atom. The van der Waals surface area contributed by atoms with Crippen LogP contribution in [-0.2, 0) is 4.79 Å². The molecule has 1 aromatic heterocycles. The molecular formula is C20H26N2O3. The number of piperidine rings is 1. The van der Waals surface area contributed by atoms with E-state index in [-0.39, 0.29) is 17.7 Å². The molecule has 0 aliphatic carbocycles. The minimum absolute atomic E-state index is 0.00890. The van der Waals surface area contributed by atoms with Crippen LogP contribution in [-0.4, -0.2) is 36.3 Å². The predicted molar refractivity (Wildman–Crippen MR) is 97.6 cm³/mol. The molecule has 1 aromatic carbocycles. The van der Waals surface area contributed by atoms with Crippen LogP contribution in [0.25, 0.3) is 11.0 Å². The van der Waals surface area contributed by atoms with E-state index in [9.17, 15) is 9.59 Å². The molecule has 0 unspecified atom stereocenters. The fraction of sp³-hybridized carbons (Fsp3) is 0.500. The average Bonchev–Trinajstić information content (AvgIpc) is 2.97. The zero-order valence-corrected chi connectivity index (χ0v) is 15.2. The lowest BCUT2D eigenvalue weighted by molar-refractivity contribution is -0.126. The van der Waals surface area contributed by atoms with Crippen molar-refractivity contribution in [3.8, 4) is 0 Å². The van der Waals surface area contributed by atoms with Crippen LogP contribution in [0.3, 0.4) is 0 Å². The van der Waals surface area contributed by atoms with Gasteiger partial charge in [-0.3, -0.25) is 9.59 Å². The molecule has 0 radical (unpaired) electrons. The molecular weight excluding hydrogens is 316 g/mol. The molecule has 1 saturated heterocycles. The van der Waals surface area contributed by atoms with Crippen molar-refractivity contribution < 1.29 is 14.0 Å². The lowest BCUT2D eigenvalue weighted by Gasteiger charge is -2.30. The third-order valence-electron chi connectivity index (χ3n) is 5.06. The smallest absolute Gasteiger partial charge is 0.289 e. The Balaban J connectivity index is 1.70. The SMILES string of the molecule is CCCNC(=O)C1CCN(C(=O)c2oc3c(C)cccc3c2C)CC1. The second kappa shape index (κ2) is 7.30. The number of furan rings is 1. The van der Waals surface area contributed by atoms with E-state index in [1.54, 1.807) is 0 Å². The van der Waals surface area contributed by atoms with Gasteiger partial charge in [-0.05, 0) is 38.7 Å². The second-order valence-corrected chi connectivity index (χ2v) is 6.87. The Bertz CT molecular complexity index is 786. The molecule has 2 aromatic rings. The van der Waals surface area contributed by atoms with Crippen molar-refractivity contribution in [3.05, 3.63) is 35.1 Å². The van der Waals surface area contributed by atoms with Crippen molar-refractivity contribution in [2.75, 3.05) is 19.6 Å². The van der Waals surface area contributed by atoms with Crippen LogP contribution in [0.4, 0.5) is 0 Å². The number of fused-ring (bicyclic) bond motifs is 1. The number of nitrogens with zero attached hydrogens (tertiary/aromatic N) is 1. The van der Waals surface area contributed by atoms with Gasteiger partial charge in [-0.2, -0.15) is 0 Å². The van der Waals surface area contributed by atoms with E-state index in [1.165, 1.54) is 0 Å². The molecule has 2 heterocycles. The van der Waals surface area contributed by atoms with Gasteiger partial charge in [0.05, 0.1) is 0 Å². The number of rotatable bonds is 4. The highest BCUT2D eigenvalue weighted by atomic mass is 16.3. The Labute approximate surface area is 148 Å². The summed E-state index contributed by atoms with van der Waals surface area (Å²) in [5.74, 6) is 0.484. The first-order valence-electron chi connectivity index (χ1n) is 9.08. The van der Waals surface area contributed by atoms with Crippen molar-refractivity contribution >= 4 is 22.8 Å². The van der Waals surface area contributed by atoms with E-state index in [0.29, 0.717) is 31.7 Å². The molecule has 0 saturated carbocycles. The van der Waals surface area contributed by atoms with Gasteiger partial charge in [0.25, 0.3) is 5.91 Å². The van der Waals surface area contributed by atoms with Crippen LogP contribution in [0.5, 0.6) is 0 Å². The normalized spacial score (nSPS) is 15.6. The van der Waals surface area contributed by atoms with E-state index in [2.05, 4.69) is 5.32 Å². The maximum absolute atomic E-state index is 12.9. The molecule has 25 heavy (non-hydrogen) atoms. The molecule has 0 bridgehead atoms. The molecule has 1 fully saturated rings. The number of benzene rings is 1. The van der Waals surface area contributed by atoms with Crippen LogP contribution >= 0.6 is 0 Å². The molecule has 134 valence electrons. The number of hydrogen-bond acceptors (Lipinski definition) is 3. The van der Waals surface area contributed by atoms with Crippen LogP contribution in [0.2, 0.25) is 0 Å². The number of aryl methyl sites for hydroxylation is 2. The Hall–Kier alpha value is -2.30. The number of nitrogens with one attached hydrogen (secondary N) is 1. The Morgan fingerprint density at radius 2 is 1.96 bits per heavy atom. The summed E-state index contributed by atoms with van der Waals surface area (Å²) < 4.78 is 5.90. The molecule has 5 heteroatoms. The summed E-state index contributed by atoms with van der Waals surface area (Å²) in [5, 5.41) is 3.95. The maximum Gasteiger partial charge on any atom is 0.289 e. The zero-order valence-electron chi connectivity index (χ0n) is 15.2. The van der Waals surface area contributed by atoms with Gasteiger partial charge in [0.1, 0.15) is 5.58 Å². The Kier molecular flexibility index (Phi) is 5.11. The first kappa shape index (κ1) is 17.5. The van der Waals surface area contributed by atoms with Gasteiger partial charge in [-0.15, -0.1) is 0 Å². The third kappa shape index (κ3) is 3.41. The Morgan fingerprint density at radius 1 is 1.24 bits per heavy atom. The zero-order chi connectivity index (χ0) is 18.0. The first-order chi connectivity index (χ1) is 12.0. The highest BCUT2D eigenvalue weighted by Crippen LogP contribution is 2.29. The number of carbonyl (C=O) groups is 2. The molecule has 2 amide bonds. The number of amides is 2. The van der Waals surface area contributed by atoms with Gasteiger partial charge < -0.3 is 14.6 Å². The van der Waals surface area contributed by atoms with Gasteiger partial charge in [0, 0.05) is 36.5 Å². The van der Waals surface area contributed by atoms with E-state index in [1.807, 2.05) is 43.9 Å². The second-order valence-electron chi connectivity index (χ2n) is 6.87. The summed E-state index contributed by atoms with van der Waals surface area (Å²) in [6.07, 6.45) is 2.35.